The summed E-state index contributed by atoms with van der Waals surface area (Å²) in [7, 11) is 0. The summed E-state index contributed by atoms with van der Waals surface area (Å²) in [5, 5.41) is 3.15. The molecule has 1 heterocycles. The van der Waals surface area contributed by atoms with Crippen molar-refractivity contribution in [3.63, 3.8) is 0 Å². The first-order valence-corrected chi connectivity index (χ1v) is 6.87. The topological polar surface area (TPSA) is 34.2 Å². The van der Waals surface area contributed by atoms with Crippen molar-refractivity contribution in [3.8, 4) is 11.6 Å². The summed E-state index contributed by atoms with van der Waals surface area (Å²) >= 11 is 3.33. The maximum atomic E-state index is 13.6. The van der Waals surface area contributed by atoms with Gasteiger partial charge in [-0.2, -0.15) is 0 Å². The average molecular weight is 343 g/mol. The van der Waals surface area contributed by atoms with Gasteiger partial charge < -0.3 is 10.1 Å². The number of benzene rings is 1. The third-order valence-electron chi connectivity index (χ3n) is 2.56. The highest BCUT2D eigenvalue weighted by Gasteiger charge is 2.11. The lowest BCUT2D eigenvalue weighted by molar-refractivity contribution is 0.417. The molecule has 0 unspecified atom stereocenters. The van der Waals surface area contributed by atoms with Gasteiger partial charge in [-0.15, -0.1) is 0 Å². The lowest BCUT2D eigenvalue weighted by Gasteiger charge is -2.11. The molecule has 0 bridgehead atoms. The number of nitrogens with zero attached hydrogens (tertiary/aromatic N) is 1. The monoisotopic (exact) mass is 342 g/mol. The van der Waals surface area contributed by atoms with Gasteiger partial charge in [0.1, 0.15) is 5.82 Å². The maximum absolute atomic E-state index is 13.6. The van der Waals surface area contributed by atoms with Crippen LogP contribution in [0.15, 0.2) is 34.9 Å². The normalized spacial score (nSPS) is 10.6. The predicted molar refractivity (Wildman–Crippen MR) is 75.7 cm³/mol. The lowest BCUT2D eigenvalue weighted by atomic mass is 10.2. The van der Waals surface area contributed by atoms with Gasteiger partial charge in [0, 0.05) is 28.8 Å². The fourth-order valence-corrected chi connectivity index (χ4v) is 1.99. The first-order chi connectivity index (χ1) is 9.60. The molecule has 2 aromatic rings. The Kier molecular flexibility index (Phi) is 5.03. The van der Waals surface area contributed by atoms with Gasteiger partial charge in [0.05, 0.1) is 0 Å². The molecule has 3 nitrogen and oxygen atoms in total. The molecule has 0 spiro atoms. The number of aromatic nitrogens is 1. The van der Waals surface area contributed by atoms with Gasteiger partial charge in [-0.3, -0.25) is 0 Å². The Bertz CT molecular complexity index is 608. The molecule has 0 saturated carbocycles. The van der Waals surface area contributed by atoms with Crippen LogP contribution >= 0.6 is 15.9 Å². The Morgan fingerprint density at radius 3 is 2.80 bits per heavy atom. The van der Waals surface area contributed by atoms with E-state index in [1.165, 1.54) is 6.07 Å². The summed E-state index contributed by atoms with van der Waals surface area (Å²) < 4.78 is 32.7. The molecule has 1 N–H and O–H groups in total. The van der Waals surface area contributed by atoms with Gasteiger partial charge in [-0.1, -0.05) is 6.92 Å². The molecule has 1 aromatic carbocycles. The van der Waals surface area contributed by atoms with E-state index < -0.39 is 11.6 Å². The average Bonchev–Trinajstić information content (AvgIpc) is 2.41. The van der Waals surface area contributed by atoms with Crippen molar-refractivity contribution >= 4 is 15.9 Å². The molecule has 6 heteroatoms. The summed E-state index contributed by atoms with van der Waals surface area (Å²) in [5.74, 6) is -1.17. The molecule has 0 aliphatic rings. The zero-order valence-corrected chi connectivity index (χ0v) is 12.4. The molecule has 0 aliphatic heterocycles. The van der Waals surface area contributed by atoms with Gasteiger partial charge in [0.15, 0.2) is 11.6 Å². The van der Waals surface area contributed by atoms with Crippen molar-refractivity contribution in [2.24, 2.45) is 0 Å². The molecule has 1 aromatic heterocycles. The largest absolute Gasteiger partial charge is 0.436 e. The van der Waals surface area contributed by atoms with Crippen molar-refractivity contribution in [2.75, 3.05) is 6.54 Å². The van der Waals surface area contributed by atoms with Crippen LogP contribution in [0.4, 0.5) is 8.78 Å². The second-order valence-electron chi connectivity index (χ2n) is 4.07. The summed E-state index contributed by atoms with van der Waals surface area (Å²) in [4.78, 5) is 4.12. The second kappa shape index (κ2) is 6.76. The molecular weight excluding hydrogens is 330 g/mol. The number of pyridine rings is 1. The van der Waals surface area contributed by atoms with Crippen molar-refractivity contribution < 1.29 is 13.5 Å². The number of halogens is 3. The summed E-state index contributed by atoms with van der Waals surface area (Å²) in [5.41, 5.74) is 0.782. The molecule has 106 valence electrons. The van der Waals surface area contributed by atoms with Crippen molar-refractivity contribution in [2.45, 2.75) is 13.5 Å². The SMILES string of the molecule is CCNCc1cc(Br)cnc1Oc1ccc(F)cc1F. The molecule has 0 fully saturated rings. The standard InChI is InChI=1S/C14H13BrF2N2O/c1-2-18-7-9-5-10(15)8-19-14(9)20-13-4-3-11(16)6-12(13)17/h3-6,8,18H,2,7H2,1H3. The van der Waals surface area contributed by atoms with Crippen LogP contribution in [0.3, 0.4) is 0 Å². The summed E-state index contributed by atoms with van der Waals surface area (Å²) in [6, 6.07) is 5.00. The van der Waals surface area contributed by atoms with E-state index >= 15 is 0 Å². The Morgan fingerprint density at radius 1 is 1.30 bits per heavy atom. The summed E-state index contributed by atoms with van der Waals surface area (Å²) in [6.07, 6.45) is 1.56. The fourth-order valence-electron chi connectivity index (χ4n) is 1.61. The van der Waals surface area contributed by atoms with Crippen molar-refractivity contribution in [3.05, 3.63) is 52.1 Å². The van der Waals surface area contributed by atoms with Crippen LogP contribution in [0, 0.1) is 11.6 Å². The minimum atomic E-state index is -0.760. The van der Waals surface area contributed by atoms with Gasteiger partial charge in [0.2, 0.25) is 5.88 Å². The highest BCUT2D eigenvalue weighted by molar-refractivity contribution is 9.10. The van der Waals surface area contributed by atoms with Crippen LogP contribution in [0.5, 0.6) is 11.6 Å². The van der Waals surface area contributed by atoms with Gasteiger partial charge in [-0.25, -0.2) is 13.8 Å². The van der Waals surface area contributed by atoms with E-state index in [9.17, 15) is 8.78 Å². The van der Waals surface area contributed by atoms with E-state index in [2.05, 4.69) is 26.2 Å². The van der Waals surface area contributed by atoms with Crippen LogP contribution in [-0.2, 0) is 6.54 Å². The van der Waals surface area contributed by atoms with E-state index in [1.54, 1.807) is 6.20 Å². The third-order valence-corrected chi connectivity index (χ3v) is 2.99. The Morgan fingerprint density at radius 2 is 2.10 bits per heavy atom. The van der Waals surface area contributed by atoms with Gasteiger partial charge in [0.25, 0.3) is 0 Å². The van der Waals surface area contributed by atoms with E-state index in [1.807, 2.05) is 13.0 Å². The van der Waals surface area contributed by atoms with Crippen LogP contribution < -0.4 is 10.1 Å². The number of hydrogen-bond acceptors (Lipinski definition) is 3. The predicted octanol–water partition coefficient (Wildman–Crippen LogP) is 4.02. The highest BCUT2D eigenvalue weighted by atomic mass is 79.9. The van der Waals surface area contributed by atoms with Crippen LogP contribution in [0.25, 0.3) is 0 Å². The molecular formula is C14H13BrF2N2O. The Hall–Kier alpha value is -1.53. The summed E-state index contributed by atoms with van der Waals surface area (Å²) in [6.45, 7) is 3.31. The fraction of sp³-hybridized carbons (Fsp3) is 0.214. The molecule has 20 heavy (non-hydrogen) atoms. The number of rotatable bonds is 5. The van der Waals surface area contributed by atoms with E-state index in [-0.39, 0.29) is 5.75 Å². The quantitative estimate of drug-likeness (QED) is 0.890. The number of hydrogen-bond donors (Lipinski definition) is 1. The first kappa shape index (κ1) is 14.9. The Balaban J connectivity index is 2.27. The minimum Gasteiger partial charge on any atom is -0.436 e. The first-order valence-electron chi connectivity index (χ1n) is 6.08. The van der Waals surface area contributed by atoms with Crippen molar-refractivity contribution in [1.29, 1.82) is 0 Å². The second-order valence-corrected chi connectivity index (χ2v) is 4.99. The number of ether oxygens (including phenoxy) is 1. The van der Waals surface area contributed by atoms with E-state index in [0.717, 1.165) is 28.7 Å². The maximum Gasteiger partial charge on any atom is 0.223 e. The van der Waals surface area contributed by atoms with Gasteiger partial charge in [-0.05, 0) is 40.7 Å². The highest BCUT2D eigenvalue weighted by Crippen LogP contribution is 2.27. The van der Waals surface area contributed by atoms with Crippen LogP contribution in [0.1, 0.15) is 12.5 Å². The van der Waals surface area contributed by atoms with Crippen LogP contribution in [-0.4, -0.2) is 11.5 Å². The molecule has 0 saturated heterocycles. The zero-order valence-electron chi connectivity index (χ0n) is 10.8. The Labute approximate surface area is 124 Å². The molecule has 0 radical (unpaired) electrons. The molecule has 0 amide bonds. The molecule has 2 rings (SSSR count). The smallest absolute Gasteiger partial charge is 0.223 e. The molecule has 0 aliphatic carbocycles. The number of nitrogens with one attached hydrogen (secondary N) is 1. The van der Waals surface area contributed by atoms with E-state index in [4.69, 9.17) is 4.74 Å². The van der Waals surface area contributed by atoms with Crippen molar-refractivity contribution in [1.82, 2.24) is 10.3 Å². The minimum absolute atomic E-state index is 0.0565. The zero-order chi connectivity index (χ0) is 14.5. The third kappa shape index (κ3) is 3.74. The van der Waals surface area contributed by atoms with E-state index in [0.29, 0.717) is 12.4 Å². The molecule has 0 atom stereocenters. The van der Waals surface area contributed by atoms with Crippen LogP contribution in [0.2, 0.25) is 0 Å². The lowest BCUT2D eigenvalue weighted by Crippen LogP contribution is -2.13. The van der Waals surface area contributed by atoms with Gasteiger partial charge >= 0.3 is 0 Å².